The van der Waals surface area contributed by atoms with Crippen LogP contribution in [0.3, 0.4) is 0 Å². The van der Waals surface area contributed by atoms with Gasteiger partial charge in [-0.1, -0.05) is 6.07 Å². The lowest BCUT2D eigenvalue weighted by atomic mass is 10.0. The van der Waals surface area contributed by atoms with E-state index in [1.54, 1.807) is 36.7 Å². The largest absolute Gasteiger partial charge is 0.368 e. The molecule has 4 rings (SSSR count). The molecule has 8 heteroatoms. The Balaban J connectivity index is 1.71. The quantitative estimate of drug-likeness (QED) is 0.500. The molecule has 0 atom stereocenters. The van der Waals surface area contributed by atoms with E-state index in [0.29, 0.717) is 16.5 Å². The minimum atomic E-state index is -0.679. The van der Waals surface area contributed by atoms with Gasteiger partial charge in [0.1, 0.15) is 5.82 Å². The molecule has 2 heterocycles. The lowest BCUT2D eigenvalue weighted by Gasteiger charge is -2.12. The number of hydrogen-bond acceptors (Lipinski definition) is 6. The van der Waals surface area contributed by atoms with Crippen molar-refractivity contribution in [2.45, 2.75) is 4.90 Å². The predicted molar refractivity (Wildman–Crippen MR) is 103 cm³/mol. The first kappa shape index (κ1) is 17.2. The van der Waals surface area contributed by atoms with Gasteiger partial charge >= 0.3 is 0 Å². The van der Waals surface area contributed by atoms with Crippen molar-refractivity contribution < 1.29 is 8.78 Å². The second-order valence-electron chi connectivity index (χ2n) is 5.68. The number of nitrogen functional groups attached to an aromatic ring is 1. The first-order chi connectivity index (χ1) is 13.1. The number of fused-ring (bicyclic) bond motifs is 1. The van der Waals surface area contributed by atoms with Gasteiger partial charge in [-0.3, -0.25) is 4.98 Å². The van der Waals surface area contributed by atoms with Crippen LogP contribution in [-0.2, 0) is 0 Å². The summed E-state index contributed by atoms with van der Waals surface area (Å²) in [7, 11) is 0. The highest BCUT2D eigenvalue weighted by molar-refractivity contribution is 8.00. The molecule has 2 aromatic heterocycles. The van der Waals surface area contributed by atoms with Gasteiger partial charge in [-0.15, -0.1) is 0 Å². The lowest BCUT2D eigenvalue weighted by Crippen LogP contribution is -1.98. The molecule has 27 heavy (non-hydrogen) atoms. The molecule has 0 saturated carbocycles. The van der Waals surface area contributed by atoms with E-state index in [9.17, 15) is 4.39 Å². The summed E-state index contributed by atoms with van der Waals surface area (Å²) < 4.78 is 32.3. The zero-order chi connectivity index (χ0) is 18.8. The van der Waals surface area contributed by atoms with E-state index >= 15 is 4.39 Å². The van der Waals surface area contributed by atoms with Crippen molar-refractivity contribution in [3.05, 3.63) is 72.7 Å². The molecule has 4 aromatic rings. The Morgan fingerprint density at radius 1 is 1.04 bits per heavy atom. The number of pyridine rings is 1. The van der Waals surface area contributed by atoms with Crippen LogP contribution in [0.25, 0.3) is 22.0 Å². The molecule has 2 aromatic carbocycles. The number of nitrogens with two attached hydrogens (primary N) is 1. The molecule has 0 saturated heterocycles. The average molecular weight is 381 g/mol. The van der Waals surface area contributed by atoms with Gasteiger partial charge in [0.15, 0.2) is 5.82 Å². The topological polar surface area (TPSA) is 76.7 Å². The summed E-state index contributed by atoms with van der Waals surface area (Å²) >= 11 is 1.19. The van der Waals surface area contributed by atoms with Gasteiger partial charge in [-0.2, -0.15) is 0 Å². The highest BCUT2D eigenvalue weighted by atomic mass is 32.2. The fraction of sp³-hybridized carbons (Fsp3) is 0. The summed E-state index contributed by atoms with van der Waals surface area (Å²) in [5.74, 6) is -1.19. The van der Waals surface area contributed by atoms with Crippen LogP contribution in [0.2, 0.25) is 0 Å². The van der Waals surface area contributed by atoms with Crippen molar-refractivity contribution in [3.8, 4) is 11.1 Å². The van der Waals surface area contributed by atoms with Crippen LogP contribution in [0.15, 0.2) is 66.0 Å². The lowest BCUT2D eigenvalue weighted by molar-refractivity contribution is 0.592. The molecule has 0 radical (unpaired) electrons. The van der Waals surface area contributed by atoms with E-state index in [-0.39, 0.29) is 17.2 Å². The minimum absolute atomic E-state index is 0.120. The number of nitrogens with zero attached hydrogens (tertiary/aromatic N) is 3. The van der Waals surface area contributed by atoms with Crippen molar-refractivity contribution in [2.24, 2.45) is 0 Å². The maximum Gasteiger partial charge on any atom is 0.220 e. The zero-order valence-electron chi connectivity index (χ0n) is 13.9. The summed E-state index contributed by atoms with van der Waals surface area (Å²) in [5.41, 5.74) is 6.62. The number of rotatable bonds is 4. The smallest absolute Gasteiger partial charge is 0.220 e. The summed E-state index contributed by atoms with van der Waals surface area (Å²) in [6, 6.07) is 11.1. The van der Waals surface area contributed by atoms with E-state index in [0.717, 1.165) is 4.90 Å². The SMILES string of the molecule is Nc1ncc2cc(-c3c(F)ccc(NSc4cccnc4)c3F)ccc2n1. The van der Waals surface area contributed by atoms with Crippen molar-refractivity contribution in [2.75, 3.05) is 10.5 Å². The summed E-state index contributed by atoms with van der Waals surface area (Å²) in [4.78, 5) is 12.8. The third-order valence-electron chi connectivity index (χ3n) is 3.89. The number of halogens is 2. The molecule has 0 spiro atoms. The Bertz CT molecular complexity index is 1120. The van der Waals surface area contributed by atoms with Crippen LogP contribution in [0.1, 0.15) is 0 Å². The second kappa shape index (κ2) is 7.16. The number of benzene rings is 2. The molecular formula is C19H13F2N5S. The summed E-state index contributed by atoms with van der Waals surface area (Å²) in [6.45, 7) is 0. The van der Waals surface area contributed by atoms with Crippen molar-refractivity contribution >= 4 is 34.5 Å². The van der Waals surface area contributed by atoms with Crippen LogP contribution in [0.4, 0.5) is 20.4 Å². The van der Waals surface area contributed by atoms with E-state index in [1.807, 2.05) is 6.07 Å². The maximum atomic E-state index is 15.0. The maximum absolute atomic E-state index is 15.0. The third-order valence-corrected chi connectivity index (χ3v) is 4.69. The fourth-order valence-electron chi connectivity index (χ4n) is 2.62. The van der Waals surface area contributed by atoms with Crippen LogP contribution < -0.4 is 10.5 Å². The standard InChI is InChI=1S/C19H13F2N5S/c20-14-4-6-16(26-27-13-2-1-7-23-10-13)18(21)17(14)11-3-5-15-12(8-11)9-24-19(22)25-15/h1-10,26H,(H2,22,24,25). The summed E-state index contributed by atoms with van der Waals surface area (Å²) in [5, 5.41) is 0.642. The first-order valence-electron chi connectivity index (χ1n) is 7.95. The molecule has 0 bridgehead atoms. The van der Waals surface area contributed by atoms with Crippen molar-refractivity contribution in [1.29, 1.82) is 0 Å². The highest BCUT2D eigenvalue weighted by Gasteiger charge is 2.16. The van der Waals surface area contributed by atoms with Gasteiger partial charge in [0, 0.05) is 28.9 Å². The molecule has 3 N–H and O–H groups in total. The Hall–Kier alpha value is -3.26. The van der Waals surface area contributed by atoms with Crippen molar-refractivity contribution in [1.82, 2.24) is 15.0 Å². The number of anilines is 2. The molecule has 0 unspecified atom stereocenters. The van der Waals surface area contributed by atoms with Gasteiger partial charge in [0.2, 0.25) is 5.95 Å². The molecule has 0 aliphatic rings. The first-order valence-corrected chi connectivity index (χ1v) is 8.77. The molecule has 134 valence electrons. The molecular weight excluding hydrogens is 368 g/mol. The highest BCUT2D eigenvalue weighted by Crippen LogP contribution is 2.33. The Morgan fingerprint density at radius 2 is 1.93 bits per heavy atom. The molecule has 5 nitrogen and oxygen atoms in total. The molecule has 0 aliphatic heterocycles. The van der Waals surface area contributed by atoms with Gasteiger partial charge in [0.25, 0.3) is 0 Å². The van der Waals surface area contributed by atoms with Gasteiger partial charge in [0.05, 0.1) is 16.8 Å². The van der Waals surface area contributed by atoms with Gasteiger partial charge in [-0.25, -0.2) is 18.7 Å². The van der Waals surface area contributed by atoms with Crippen LogP contribution in [0, 0.1) is 11.6 Å². The van der Waals surface area contributed by atoms with Crippen LogP contribution in [-0.4, -0.2) is 15.0 Å². The van der Waals surface area contributed by atoms with Crippen LogP contribution >= 0.6 is 11.9 Å². The predicted octanol–water partition coefficient (Wildman–Crippen LogP) is 4.67. The average Bonchev–Trinajstić information content (AvgIpc) is 2.68. The summed E-state index contributed by atoms with van der Waals surface area (Å²) in [6.07, 6.45) is 4.82. The molecule has 0 amide bonds. The normalized spacial score (nSPS) is 10.9. The minimum Gasteiger partial charge on any atom is -0.368 e. The number of nitrogens with one attached hydrogen (secondary N) is 1. The van der Waals surface area contributed by atoms with E-state index in [2.05, 4.69) is 19.7 Å². The molecule has 0 aliphatic carbocycles. The van der Waals surface area contributed by atoms with E-state index in [4.69, 9.17) is 5.73 Å². The molecule has 0 fully saturated rings. The van der Waals surface area contributed by atoms with Crippen molar-refractivity contribution in [3.63, 3.8) is 0 Å². The van der Waals surface area contributed by atoms with E-state index in [1.165, 1.54) is 30.3 Å². The Kier molecular flexibility index (Phi) is 4.55. The van der Waals surface area contributed by atoms with Gasteiger partial charge in [-0.05, 0) is 53.9 Å². The fourth-order valence-corrected chi connectivity index (χ4v) is 3.27. The number of aromatic nitrogens is 3. The number of hydrogen-bond donors (Lipinski definition) is 2. The van der Waals surface area contributed by atoms with E-state index < -0.39 is 11.6 Å². The second-order valence-corrected chi connectivity index (χ2v) is 6.56. The monoisotopic (exact) mass is 381 g/mol. The zero-order valence-corrected chi connectivity index (χ0v) is 14.7. The van der Waals surface area contributed by atoms with Gasteiger partial charge < -0.3 is 10.5 Å². The Labute approximate surface area is 157 Å². The Morgan fingerprint density at radius 3 is 2.74 bits per heavy atom. The third kappa shape index (κ3) is 3.52. The van der Waals surface area contributed by atoms with Crippen LogP contribution in [0.5, 0.6) is 0 Å².